The van der Waals surface area contributed by atoms with E-state index in [0.717, 1.165) is 51.6 Å². The standard InChI is InChI=1S/C16H35N3OS2.O.Tc/c1-3-5-8-18(9-6-4-2)10-11-19(12-14-22)15-16(20)17-7-13-21;;/h21-22H,3-15H2,1-2H3,(H,17,20);;/q;;+3/p-3/i;;1+1. The van der Waals surface area contributed by atoms with E-state index >= 15 is 0 Å². The fourth-order valence-electron chi connectivity index (χ4n) is 2.19. The van der Waals surface area contributed by atoms with Crippen molar-refractivity contribution >= 4 is 31.2 Å². The van der Waals surface area contributed by atoms with Crippen molar-refractivity contribution in [3.63, 3.8) is 0 Å². The fraction of sp³-hybridized carbons (Fsp3) is 0.938. The third-order valence-electron chi connectivity index (χ3n) is 3.53. The molecule has 0 aliphatic rings. The van der Waals surface area contributed by atoms with Gasteiger partial charge in [-0.15, -0.1) is 0 Å². The molecule has 0 spiro atoms. The molecule has 0 aromatic carbocycles. The second kappa shape index (κ2) is 21.6. The molecule has 8 heteroatoms. The Bertz CT molecular complexity index is 292. The molecule has 0 rings (SSSR count). The summed E-state index contributed by atoms with van der Waals surface area (Å²) in [5.74, 6) is 1.09. The van der Waals surface area contributed by atoms with E-state index in [9.17, 15) is 5.11 Å². The van der Waals surface area contributed by atoms with Gasteiger partial charge in [0, 0.05) is 26.2 Å². The van der Waals surface area contributed by atoms with Gasteiger partial charge in [-0.05, 0) is 38.4 Å². The van der Waals surface area contributed by atoms with Crippen molar-refractivity contribution in [1.29, 1.82) is 0 Å². The van der Waals surface area contributed by atoms with Gasteiger partial charge in [0.2, 0.25) is 0 Å². The monoisotopic (exact) mass is 461 g/mol. The zero-order chi connectivity index (χ0) is 18.6. The van der Waals surface area contributed by atoms with E-state index in [-0.39, 0.29) is 5.90 Å². The molecule has 0 bridgehead atoms. The second-order valence-corrected chi connectivity index (χ2v) is 6.33. The molecule has 0 fully saturated rings. The fourth-order valence-corrected chi connectivity index (χ4v) is 2.54. The quantitative estimate of drug-likeness (QED) is 0.205. The third kappa shape index (κ3) is 17.4. The summed E-state index contributed by atoms with van der Waals surface area (Å²) in [5.41, 5.74) is 0. The summed E-state index contributed by atoms with van der Waals surface area (Å²) in [5, 5.41) is 11.8. The predicted octanol–water partition coefficient (Wildman–Crippen LogP) is 0.922. The predicted molar refractivity (Wildman–Crippen MR) is 100 cm³/mol. The third-order valence-corrected chi connectivity index (χ3v) is 3.90. The van der Waals surface area contributed by atoms with E-state index in [1.807, 2.05) is 0 Å². The molecule has 24 heavy (non-hydrogen) atoms. The molecule has 0 atom stereocenters. The van der Waals surface area contributed by atoms with Gasteiger partial charge in [-0.1, -0.05) is 26.7 Å². The zero-order valence-electron chi connectivity index (χ0n) is 15.0. The SMILES string of the molecule is CCCCN(CCCC)CCN(CC[S-])CC([O-])=NCC[S-].[O]=[99Tc+3]. The molecule has 0 amide bonds. The van der Waals surface area contributed by atoms with Crippen LogP contribution in [0.5, 0.6) is 0 Å². The molecule has 0 N–H and O–H groups in total. The van der Waals surface area contributed by atoms with Gasteiger partial charge in [0.05, 0.1) is 0 Å². The van der Waals surface area contributed by atoms with Crippen LogP contribution in [0.1, 0.15) is 39.5 Å². The van der Waals surface area contributed by atoms with Gasteiger partial charge in [0.15, 0.2) is 0 Å². The van der Waals surface area contributed by atoms with Crippen molar-refractivity contribution < 1.29 is 27.5 Å². The molecule has 0 saturated carbocycles. The van der Waals surface area contributed by atoms with Gasteiger partial charge < -0.3 is 40.3 Å². The first-order valence-corrected chi connectivity index (χ1v) is 10.6. The van der Waals surface area contributed by atoms with Gasteiger partial charge in [-0.3, -0.25) is 4.90 Å². The molecule has 0 unspecified atom stereocenters. The summed E-state index contributed by atoms with van der Waals surface area (Å²) < 4.78 is 8.22. The summed E-state index contributed by atoms with van der Waals surface area (Å²) in [7, 11) is 0. The molecule has 0 radical (unpaired) electrons. The molecule has 0 aromatic rings. The van der Waals surface area contributed by atoms with Gasteiger partial charge >= 0.3 is 22.4 Å². The summed E-state index contributed by atoms with van der Waals surface area (Å²) >= 11 is 10.8. The van der Waals surface area contributed by atoms with Gasteiger partial charge in [0.25, 0.3) is 0 Å². The van der Waals surface area contributed by atoms with Crippen molar-refractivity contribution in [3.8, 4) is 0 Å². The first-order valence-electron chi connectivity index (χ1n) is 8.64. The van der Waals surface area contributed by atoms with Crippen LogP contribution in [0.4, 0.5) is 0 Å². The Morgan fingerprint density at radius 2 is 1.46 bits per heavy atom. The Hall–Kier alpha value is 0.539. The van der Waals surface area contributed by atoms with Crippen LogP contribution in [0.25, 0.3) is 0 Å². The summed E-state index contributed by atoms with van der Waals surface area (Å²) in [6.07, 6.45) is 4.91. The minimum absolute atomic E-state index is 0.0676. The second-order valence-electron chi connectivity index (χ2n) is 5.51. The van der Waals surface area contributed by atoms with Crippen molar-refractivity contribution in [2.75, 3.05) is 57.3 Å². The molecule has 0 aromatic heterocycles. The van der Waals surface area contributed by atoms with E-state index < -0.39 is 0 Å². The Morgan fingerprint density at radius 3 is 1.92 bits per heavy atom. The number of hydrogen-bond acceptors (Lipinski definition) is 7. The Morgan fingerprint density at radius 1 is 0.917 bits per heavy atom. The maximum atomic E-state index is 11.8. The minimum atomic E-state index is -0.0676. The first-order chi connectivity index (χ1) is 11.7. The Balaban J connectivity index is 0. The van der Waals surface area contributed by atoms with E-state index in [2.05, 4.69) is 28.6 Å². The topological polar surface area (TPSA) is 59.0 Å². The number of rotatable bonds is 15. The van der Waals surface area contributed by atoms with Crippen molar-refractivity contribution in [2.45, 2.75) is 39.5 Å². The number of nitrogens with zero attached hydrogens (tertiary/aromatic N) is 3. The summed E-state index contributed by atoms with van der Waals surface area (Å²) in [6, 6.07) is 0. The molecule has 0 aliphatic carbocycles. The number of hydrogen-bond donors (Lipinski definition) is 0. The van der Waals surface area contributed by atoms with Gasteiger partial charge in [-0.25, -0.2) is 0 Å². The molecule has 0 saturated heterocycles. The van der Waals surface area contributed by atoms with Crippen molar-refractivity contribution in [3.05, 3.63) is 0 Å². The van der Waals surface area contributed by atoms with E-state index in [1.54, 1.807) is 0 Å². The average Bonchev–Trinajstić information content (AvgIpc) is 2.61. The Kier molecular flexibility index (Phi) is 24.1. The van der Waals surface area contributed by atoms with Crippen LogP contribution in [0, 0.1) is 0 Å². The van der Waals surface area contributed by atoms with E-state index in [4.69, 9.17) is 28.8 Å². The molecule has 0 heterocycles. The van der Waals surface area contributed by atoms with Crippen LogP contribution in [0.15, 0.2) is 4.99 Å². The van der Waals surface area contributed by atoms with Gasteiger partial charge in [0.1, 0.15) is 0 Å². The van der Waals surface area contributed by atoms with Crippen LogP contribution >= 0.6 is 0 Å². The maximum absolute atomic E-state index is 11.8. The van der Waals surface area contributed by atoms with E-state index in [0.29, 0.717) is 24.6 Å². The van der Waals surface area contributed by atoms with Crippen LogP contribution < -0.4 is 5.11 Å². The molecule has 0 aliphatic heterocycles. The van der Waals surface area contributed by atoms with Crippen molar-refractivity contribution in [2.24, 2.45) is 4.99 Å². The van der Waals surface area contributed by atoms with E-state index in [1.165, 1.54) is 25.7 Å². The van der Waals surface area contributed by atoms with Crippen LogP contribution in [0.2, 0.25) is 0 Å². The number of unbranched alkanes of at least 4 members (excludes halogenated alkanes) is 2. The molecule has 5 nitrogen and oxygen atoms in total. The average molecular weight is 461 g/mol. The number of aliphatic imine (C=N–C) groups is 1. The normalized spacial score (nSPS) is 11.6. The van der Waals surface area contributed by atoms with Crippen LogP contribution in [-0.2, 0) is 47.6 Å². The first kappa shape index (κ1) is 26.8. The zero-order valence-corrected chi connectivity index (χ0v) is 18.5. The molecule has 142 valence electrons. The summed E-state index contributed by atoms with van der Waals surface area (Å²) in [4.78, 5) is 8.60. The Labute approximate surface area is 169 Å². The summed E-state index contributed by atoms with van der Waals surface area (Å²) in [6.45, 7) is 10.2. The van der Waals surface area contributed by atoms with Crippen LogP contribution in [0.3, 0.4) is 0 Å². The van der Waals surface area contributed by atoms with Crippen LogP contribution in [-0.4, -0.2) is 73.0 Å². The van der Waals surface area contributed by atoms with Gasteiger partial charge in [-0.2, -0.15) is 11.5 Å². The van der Waals surface area contributed by atoms with Crippen molar-refractivity contribution in [1.82, 2.24) is 9.80 Å². The molecular weight excluding hydrogens is 429 g/mol. The molecular formula is C16H32N3O2S2Tc.